The van der Waals surface area contributed by atoms with Gasteiger partial charge in [0.1, 0.15) is 0 Å². The topological polar surface area (TPSA) is 55.1 Å². The Bertz CT molecular complexity index is 254. The largest absolute Gasteiger partial charge is 0.368 e. The highest BCUT2D eigenvalue weighted by Gasteiger charge is 2.29. The number of carbonyl (C=O) groups excluding carboxylic acids is 1. The highest BCUT2D eigenvalue weighted by molar-refractivity contribution is 7.99. The van der Waals surface area contributed by atoms with E-state index in [0.717, 1.165) is 36.8 Å². The molecular formula is C14H28N2OS. The molecule has 0 saturated heterocycles. The van der Waals surface area contributed by atoms with Crippen molar-refractivity contribution in [2.24, 2.45) is 5.73 Å². The Morgan fingerprint density at radius 1 is 1.44 bits per heavy atom. The number of nitrogens with two attached hydrogens (primary N) is 1. The van der Waals surface area contributed by atoms with Crippen LogP contribution in [0.1, 0.15) is 58.8 Å². The molecule has 1 aliphatic carbocycles. The van der Waals surface area contributed by atoms with Crippen molar-refractivity contribution in [3.8, 4) is 0 Å². The van der Waals surface area contributed by atoms with Gasteiger partial charge in [-0.15, -0.1) is 0 Å². The molecule has 3 N–H and O–H groups in total. The molecule has 0 aromatic heterocycles. The van der Waals surface area contributed by atoms with Crippen LogP contribution in [-0.2, 0) is 4.79 Å². The predicted octanol–water partition coefficient (Wildman–Crippen LogP) is 2.69. The fraction of sp³-hybridized carbons (Fsp3) is 0.929. The molecule has 0 aliphatic heterocycles. The Morgan fingerprint density at radius 3 is 2.67 bits per heavy atom. The number of amides is 1. The summed E-state index contributed by atoms with van der Waals surface area (Å²) in [5, 5.41) is 4.16. The number of carbonyl (C=O) groups is 1. The van der Waals surface area contributed by atoms with E-state index in [9.17, 15) is 4.79 Å². The van der Waals surface area contributed by atoms with Gasteiger partial charge in [0.05, 0.1) is 5.54 Å². The SMILES string of the molecule is CCCNC(C)(CCCSC1CCCC1)C(N)=O. The van der Waals surface area contributed by atoms with Crippen LogP contribution in [0.3, 0.4) is 0 Å². The highest BCUT2D eigenvalue weighted by atomic mass is 32.2. The monoisotopic (exact) mass is 272 g/mol. The second-order valence-corrected chi connectivity index (χ2v) is 6.91. The summed E-state index contributed by atoms with van der Waals surface area (Å²) in [5.41, 5.74) is 4.99. The Morgan fingerprint density at radius 2 is 2.11 bits per heavy atom. The zero-order chi connectivity index (χ0) is 13.4. The first-order valence-corrected chi connectivity index (χ1v) is 8.30. The van der Waals surface area contributed by atoms with Gasteiger partial charge in [-0.2, -0.15) is 11.8 Å². The van der Waals surface area contributed by atoms with Crippen LogP contribution in [0.5, 0.6) is 0 Å². The number of primary amides is 1. The van der Waals surface area contributed by atoms with E-state index >= 15 is 0 Å². The zero-order valence-electron chi connectivity index (χ0n) is 11.8. The number of nitrogens with one attached hydrogen (secondary N) is 1. The Kier molecular flexibility index (Phi) is 7.08. The van der Waals surface area contributed by atoms with Crippen LogP contribution < -0.4 is 11.1 Å². The van der Waals surface area contributed by atoms with Gasteiger partial charge >= 0.3 is 0 Å². The van der Waals surface area contributed by atoms with E-state index in [0.29, 0.717) is 0 Å². The normalized spacial score (nSPS) is 19.9. The van der Waals surface area contributed by atoms with Crippen LogP contribution in [0.15, 0.2) is 0 Å². The third-order valence-corrected chi connectivity index (χ3v) is 5.25. The lowest BCUT2D eigenvalue weighted by atomic mass is 9.95. The molecule has 0 heterocycles. The summed E-state index contributed by atoms with van der Waals surface area (Å²) in [6.07, 6.45) is 8.50. The van der Waals surface area contributed by atoms with Crippen molar-refractivity contribution in [1.29, 1.82) is 0 Å². The van der Waals surface area contributed by atoms with E-state index in [1.54, 1.807) is 0 Å². The van der Waals surface area contributed by atoms with Crippen LogP contribution in [0.2, 0.25) is 0 Å². The van der Waals surface area contributed by atoms with Gasteiger partial charge in [0.2, 0.25) is 5.91 Å². The minimum absolute atomic E-state index is 0.221. The van der Waals surface area contributed by atoms with Crippen molar-refractivity contribution in [3.63, 3.8) is 0 Å². The minimum atomic E-state index is -0.522. The first-order valence-electron chi connectivity index (χ1n) is 7.25. The lowest BCUT2D eigenvalue weighted by molar-refractivity contribution is -0.124. The van der Waals surface area contributed by atoms with Crippen LogP contribution in [0.4, 0.5) is 0 Å². The van der Waals surface area contributed by atoms with Gasteiger partial charge in [-0.25, -0.2) is 0 Å². The van der Waals surface area contributed by atoms with Crippen LogP contribution in [-0.4, -0.2) is 29.0 Å². The Balaban J connectivity index is 2.21. The predicted molar refractivity (Wildman–Crippen MR) is 79.8 cm³/mol. The molecule has 1 atom stereocenters. The summed E-state index contributed by atoms with van der Waals surface area (Å²) in [4.78, 5) is 11.5. The third kappa shape index (κ3) is 5.19. The molecule has 4 heteroatoms. The lowest BCUT2D eigenvalue weighted by Crippen LogP contribution is -2.53. The van der Waals surface area contributed by atoms with Crippen molar-refractivity contribution >= 4 is 17.7 Å². The number of hydrogen-bond donors (Lipinski definition) is 2. The Hall–Kier alpha value is -0.220. The molecule has 1 rings (SSSR count). The number of hydrogen-bond acceptors (Lipinski definition) is 3. The molecule has 3 nitrogen and oxygen atoms in total. The maximum absolute atomic E-state index is 11.5. The van der Waals surface area contributed by atoms with Gasteiger partial charge in [-0.1, -0.05) is 19.8 Å². The van der Waals surface area contributed by atoms with Crippen molar-refractivity contribution in [2.75, 3.05) is 12.3 Å². The maximum atomic E-state index is 11.5. The average Bonchev–Trinajstić information content (AvgIpc) is 2.85. The number of thioether (sulfide) groups is 1. The summed E-state index contributed by atoms with van der Waals surface area (Å²) in [6, 6.07) is 0. The third-order valence-electron chi connectivity index (χ3n) is 3.79. The summed E-state index contributed by atoms with van der Waals surface area (Å²) in [5.74, 6) is 0.934. The fourth-order valence-corrected chi connectivity index (χ4v) is 3.74. The van der Waals surface area contributed by atoms with E-state index in [2.05, 4.69) is 24.0 Å². The second-order valence-electron chi connectivity index (χ2n) is 5.50. The van der Waals surface area contributed by atoms with Gasteiger partial charge < -0.3 is 11.1 Å². The molecule has 1 saturated carbocycles. The molecule has 106 valence electrons. The molecular weight excluding hydrogens is 244 g/mol. The summed E-state index contributed by atoms with van der Waals surface area (Å²) in [6.45, 7) is 4.89. The summed E-state index contributed by atoms with van der Waals surface area (Å²) >= 11 is 2.08. The van der Waals surface area contributed by atoms with Gasteiger partial charge in [0.25, 0.3) is 0 Å². The quantitative estimate of drug-likeness (QED) is 0.635. The first kappa shape index (κ1) is 15.8. The van der Waals surface area contributed by atoms with Crippen molar-refractivity contribution in [2.45, 2.75) is 69.6 Å². The highest BCUT2D eigenvalue weighted by Crippen LogP contribution is 2.30. The second kappa shape index (κ2) is 8.05. The van der Waals surface area contributed by atoms with E-state index in [1.165, 1.54) is 25.7 Å². The Labute approximate surface area is 116 Å². The molecule has 1 fully saturated rings. The van der Waals surface area contributed by atoms with Crippen molar-refractivity contribution < 1.29 is 4.79 Å². The average molecular weight is 272 g/mol. The van der Waals surface area contributed by atoms with Gasteiger partial charge in [-0.05, 0) is 51.3 Å². The molecule has 0 bridgehead atoms. The van der Waals surface area contributed by atoms with Gasteiger partial charge in [0.15, 0.2) is 0 Å². The molecule has 0 aromatic carbocycles. The summed E-state index contributed by atoms with van der Waals surface area (Å²) < 4.78 is 0. The van der Waals surface area contributed by atoms with Gasteiger partial charge in [0, 0.05) is 5.25 Å². The molecule has 0 radical (unpaired) electrons. The number of rotatable bonds is 9. The zero-order valence-corrected chi connectivity index (χ0v) is 12.7. The van der Waals surface area contributed by atoms with Crippen molar-refractivity contribution in [1.82, 2.24) is 5.32 Å². The van der Waals surface area contributed by atoms with Crippen LogP contribution in [0.25, 0.3) is 0 Å². The van der Waals surface area contributed by atoms with Gasteiger partial charge in [-0.3, -0.25) is 4.79 Å². The lowest BCUT2D eigenvalue weighted by Gasteiger charge is -2.27. The van der Waals surface area contributed by atoms with E-state index in [1.807, 2.05) is 6.92 Å². The van der Waals surface area contributed by atoms with Crippen LogP contribution >= 0.6 is 11.8 Å². The maximum Gasteiger partial charge on any atom is 0.237 e. The molecule has 1 aliphatic rings. The molecule has 0 aromatic rings. The minimum Gasteiger partial charge on any atom is -0.368 e. The molecule has 1 amide bonds. The van der Waals surface area contributed by atoms with E-state index in [4.69, 9.17) is 5.73 Å². The molecule has 0 spiro atoms. The van der Waals surface area contributed by atoms with E-state index < -0.39 is 5.54 Å². The standard InChI is InChI=1S/C14H28N2OS/c1-3-10-16-14(2,13(15)17)9-6-11-18-12-7-4-5-8-12/h12,16H,3-11H2,1-2H3,(H2,15,17). The first-order chi connectivity index (χ1) is 8.58. The van der Waals surface area contributed by atoms with E-state index in [-0.39, 0.29) is 5.91 Å². The van der Waals surface area contributed by atoms with Crippen LogP contribution in [0, 0.1) is 0 Å². The van der Waals surface area contributed by atoms with Crippen molar-refractivity contribution in [3.05, 3.63) is 0 Å². The summed E-state index contributed by atoms with van der Waals surface area (Å²) in [7, 11) is 0. The molecule has 1 unspecified atom stereocenters. The molecule has 18 heavy (non-hydrogen) atoms. The fourth-order valence-electron chi connectivity index (χ4n) is 2.43. The smallest absolute Gasteiger partial charge is 0.237 e.